The van der Waals surface area contributed by atoms with Crippen molar-refractivity contribution in [3.8, 4) is 0 Å². The van der Waals surface area contributed by atoms with E-state index in [4.69, 9.17) is 4.74 Å². The monoisotopic (exact) mass is 284 g/mol. The van der Waals surface area contributed by atoms with Crippen molar-refractivity contribution in [2.75, 3.05) is 19.7 Å². The highest BCUT2D eigenvalue weighted by Crippen LogP contribution is 2.28. The zero-order valence-corrected chi connectivity index (χ0v) is 12.3. The van der Waals surface area contributed by atoms with Crippen LogP contribution < -0.4 is 10.6 Å². The lowest BCUT2D eigenvalue weighted by Crippen LogP contribution is -2.45. The van der Waals surface area contributed by atoms with Crippen LogP contribution in [-0.2, 0) is 4.74 Å². The number of amides is 2. The van der Waals surface area contributed by atoms with Crippen LogP contribution in [0.5, 0.6) is 0 Å². The van der Waals surface area contributed by atoms with Crippen molar-refractivity contribution in [2.45, 2.75) is 69.5 Å². The molecule has 5 heteroatoms. The van der Waals surface area contributed by atoms with Gasteiger partial charge in [0.2, 0.25) is 0 Å². The first kappa shape index (κ1) is 15.6. The van der Waals surface area contributed by atoms with Crippen LogP contribution in [0.15, 0.2) is 0 Å². The highest BCUT2D eigenvalue weighted by molar-refractivity contribution is 5.73. The lowest BCUT2D eigenvalue weighted by atomic mass is 10.0. The smallest absolute Gasteiger partial charge is 0.314 e. The zero-order chi connectivity index (χ0) is 14.3. The first-order valence-corrected chi connectivity index (χ1v) is 8.04. The van der Waals surface area contributed by atoms with Gasteiger partial charge in [-0.25, -0.2) is 4.79 Å². The second-order valence-electron chi connectivity index (χ2n) is 6.17. The normalized spacial score (nSPS) is 22.1. The topological polar surface area (TPSA) is 70.6 Å². The molecule has 0 unspecified atom stereocenters. The standard InChI is InChI=1S/C15H28N2O3/c18-14(17-12-15(19)8-3-4-9-15)16-10-5-11-20-13-6-1-2-7-13/h13,19H,1-12H2,(H2,16,17,18). The van der Waals surface area contributed by atoms with E-state index in [0.29, 0.717) is 19.2 Å². The molecular weight excluding hydrogens is 256 g/mol. The molecule has 0 bridgehead atoms. The van der Waals surface area contributed by atoms with Gasteiger partial charge in [0, 0.05) is 19.7 Å². The van der Waals surface area contributed by atoms with Gasteiger partial charge in [0.05, 0.1) is 11.7 Å². The van der Waals surface area contributed by atoms with E-state index in [1.807, 2.05) is 0 Å². The molecule has 20 heavy (non-hydrogen) atoms. The Morgan fingerprint density at radius 2 is 1.85 bits per heavy atom. The third-order valence-electron chi connectivity index (χ3n) is 4.37. The molecule has 2 amide bonds. The average molecular weight is 284 g/mol. The van der Waals surface area contributed by atoms with Crippen molar-refractivity contribution < 1.29 is 14.6 Å². The number of hydrogen-bond acceptors (Lipinski definition) is 3. The zero-order valence-electron chi connectivity index (χ0n) is 12.3. The molecule has 116 valence electrons. The first-order chi connectivity index (χ1) is 9.68. The molecule has 2 rings (SSSR count). The van der Waals surface area contributed by atoms with Crippen LogP contribution in [-0.4, -0.2) is 42.5 Å². The van der Waals surface area contributed by atoms with Gasteiger partial charge in [0.1, 0.15) is 0 Å². The van der Waals surface area contributed by atoms with Crippen LogP contribution >= 0.6 is 0 Å². The quantitative estimate of drug-likeness (QED) is 0.626. The van der Waals surface area contributed by atoms with Crippen molar-refractivity contribution in [1.29, 1.82) is 0 Å². The predicted octanol–water partition coefficient (Wildman–Crippen LogP) is 1.94. The van der Waals surface area contributed by atoms with Crippen molar-refractivity contribution in [2.24, 2.45) is 0 Å². The maximum atomic E-state index is 11.6. The van der Waals surface area contributed by atoms with Gasteiger partial charge in [-0.2, -0.15) is 0 Å². The molecule has 2 aliphatic rings. The second-order valence-corrected chi connectivity index (χ2v) is 6.17. The molecule has 0 aromatic carbocycles. The van der Waals surface area contributed by atoms with E-state index in [1.165, 1.54) is 25.7 Å². The largest absolute Gasteiger partial charge is 0.388 e. The minimum absolute atomic E-state index is 0.189. The molecule has 0 spiro atoms. The summed E-state index contributed by atoms with van der Waals surface area (Å²) in [5, 5.41) is 15.7. The summed E-state index contributed by atoms with van der Waals surface area (Å²) in [6, 6.07) is -0.189. The van der Waals surface area contributed by atoms with Crippen LogP contribution in [0.4, 0.5) is 4.79 Å². The van der Waals surface area contributed by atoms with Crippen LogP contribution in [0.1, 0.15) is 57.8 Å². The predicted molar refractivity (Wildman–Crippen MR) is 77.6 cm³/mol. The molecule has 0 aromatic rings. The summed E-state index contributed by atoms with van der Waals surface area (Å²) in [5.41, 5.74) is -0.678. The molecule has 5 nitrogen and oxygen atoms in total. The summed E-state index contributed by atoms with van der Waals surface area (Å²) in [5.74, 6) is 0. The average Bonchev–Trinajstić information content (AvgIpc) is 3.08. The number of hydrogen-bond donors (Lipinski definition) is 3. The lowest BCUT2D eigenvalue weighted by molar-refractivity contribution is 0.0496. The van der Waals surface area contributed by atoms with Crippen LogP contribution in [0.25, 0.3) is 0 Å². The van der Waals surface area contributed by atoms with Crippen molar-refractivity contribution in [3.05, 3.63) is 0 Å². The maximum absolute atomic E-state index is 11.6. The van der Waals surface area contributed by atoms with Crippen molar-refractivity contribution >= 4 is 6.03 Å². The number of rotatable bonds is 7. The molecule has 0 aromatic heterocycles. The number of carbonyl (C=O) groups is 1. The molecular formula is C15H28N2O3. The Hall–Kier alpha value is -0.810. The molecule has 0 heterocycles. The summed E-state index contributed by atoms with van der Waals surface area (Å²) in [6.07, 6.45) is 9.93. The Balaban J connectivity index is 1.45. The molecule has 0 atom stereocenters. The number of aliphatic hydroxyl groups is 1. The van der Waals surface area contributed by atoms with E-state index in [0.717, 1.165) is 38.7 Å². The van der Waals surface area contributed by atoms with Gasteiger partial charge in [-0.05, 0) is 32.1 Å². The van der Waals surface area contributed by atoms with Gasteiger partial charge in [0.15, 0.2) is 0 Å². The van der Waals surface area contributed by atoms with Gasteiger partial charge in [-0.1, -0.05) is 25.7 Å². The third-order valence-corrected chi connectivity index (χ3v) is 4.37. The molecule has 0 radical (unpaired) electrons. The number of nitrogens with one attached hydrogen (secondary N) is 2. The fraction of sp³-hybridized carbons (Fsp3) is 0.933. The Labute approximate surface area is 121 Å². The maximum Gasteiger partial charge on any atom is 0.314 e. The van der Waals surface area contributed by atoms with Gasteiger partial charge in [0.25, 0.3) is 0 Å². The summed E-state index contributed by atoms with van der Waals surface area (Å²) >= 11 is 0. The van der Waals surface area contributed by atoms with E-state index < -0.39 is 5.60 Å². The number of urea groups is 1. The van der Waals surface area contributed by atoms with Crippen LogP contribution in [0.2, 0.25) is 0 Å². The summed E-state index contributed by atoms with van der Waals surface area (Å²) in [6.45, 7) is 1.70. The minimum atomic E-state index is -0.678. The van der Waals surface area contributed by atoms with Gasteiger partial charge in [-0.15, -0.1) is 0 Å². The van der Waals surface area contributed by atoms with Crippen molar-refractivity contribution in [1.82, 2.24) is 10.6 Å². The van der Waals surface area contributed by atoms with E-state index in [2.05, 4.69) is 10.6 Å². The third kappa shape index (κ3) is 5.29. The van der Waals surface area contributed by atoms with Crippen LogP contribution in [0, 0.1) is 0 Å². The van der Waals surface area contributed by atoms with Gasteiger partial charge < -0.3 is 20.5 Å². The lowest BCUT2D eigenvalue weighted by Gasteiger charge is -2.22. The SMILES string of the molecule is O=C(NCCCOC1CCCC1)NCC1(O)CCCC1. The second kappa shape index (κ2) is 7.84. The molecule has 3 N–H and O–H groups in total. The van der Waals surface area contributed by atoms with E-state index in [1.54, 1.807) is 0 Å². The van der Waals surface area contributed by atoms with Gasteiger partial charge in [-0.3, -0.25) is 0 Å². The highest BCUT2D eigenvalue weighted by atomic mass is 16.5. The summed E-state index contributed by atoms with van der Waals surface area (Å²) in [4.78, 5) is 11.6. The Bertz CT molecular complexity index is 297. The molecule has 0 aliphatic heterocycles. The molecule has 2 saturated carbocycles. The van der Waals surface area contributed by atoms with E-state index >= 15 is 0 Å². The van der Waals surface area contributed by atoms with E-state index in [9.17, 15) is 9.90 Å². The van der Waals surface area contributed by atoms with Crippen molar-refractivity contribution in [3.63, 3.8) is 0 Å². The molecule has 0 saturated heterocycles. The highest BCUT2D eigenvalue weighted by Gasteiger charge is 2.31. The minimum Gasteiger partial charge on any atom is -0.388 e. The van der Waals surface area contributed by atoms with E-state index in [-0.39, 0.29) is 6.03 Å². The van der Waals surface area contributed by atoms with Gasteiger partial charge >= 0.3 is 6.03 Å². The molecule has 2 fully saturated rings. The molecule has 2 aliphatic carbocycles. The first-order valence-electron chi connectivity index (χ1n) is 8.04. The Kier molecular flexibility index (Phi) is 6.10. The fourth-order valence-corrected chi connectivity index (χ4v) is 3.10. The fourth-order valence-electron chi connectivity index (χ4n) is 3.10. The summed E-state index contributed by atoms with van der Waals surface area (Å²) < 4.78 is 5.73. The summed E-state index contributed by atoms with van der Waals surface area (Å²) in [7, 11) is 0. The Morgan fingerprint density at radius 1 is 1.15 bits per heavy atom. The number of carbonyl (C=O) groups excluding carboxylic acids is 1. The Morgan fingerprint density at radius 3 is 2.55 bits per heavy atom. The number of ether oxygens (including phenoxy) is 1. The van der Waals surface area contributed by atoms with Crippen LogP contribution in [0.3, 0.4) is 0 Å².